The molecule has 2 nitrogen and oxygen atoms in total. The minimum Gasteiger partial charge on any atom is -0.309 e. The van der Waals surface area contributed by atoms with Gasteiger partial charge in [0.15, 0.2) is 14.3 Å². The molecule has 0 N–H and O–H groups in total. The van der Waals surface area contributed by atoms with Gasteiger partial charge in [-0.05, 0) is 29.7 Å². The number of benzene rings is 5. The van der Waals surface area contributed by atoms with Gasteiger partial charge in [-0.1, -0.05) is 135 Å². The van der Waals surface area contributed by atoms with E-state index in [0.717, 1.165) is 26.8 Å². The van der Waals surface area contributed by atoms with Crippen molar-refractivity contribution in [3.8, 4) is 0 Å². The lowest BCUT2D eigenvalue weighted by Gasteiger charge is -2.25. The van der Waals surface area contributed by atoms with Crippen LogP contribution in [0.25, 0.3) is 0 Å². The van der Waals surface area contributed by atoms with E-state index >= 15 is 9.13 Å². The molecule has 5 aromatic rings. The smallest absolute Gasteiger partial charge is 0.171 e. The SMILES string of the molecule is CC(C)c1cc(P(=O)(c2ccccc2)c2ccccc2)cc(P(=O)(c2ccccc2)c2ccccc2)c1. The largest absolute Gasteiger partial charge is 0.309 e. The summed E-state index contributed by atoms with van der Waals surface area (Å²) < 4.78 is 30.5. The molecule has 0 heterocycles. The van der Waals surface area contributed by atoms with Gasteiger partial charge in [-0.3, -0.25) is 0 Å². The van der Waals surface area contributed by atoms with Gasteiger partial charge in [-0.2, -0.15) is 0 Å². The van der Waals surface area contributed by atoms with Gasteiger partial charge >= 0.3 is 0 Å². The van der Waals surface area contributed by atoms with Crippen molar-refractivity contribution in [3.63, 3.8) is 0 Å². The summed E-state index contributed by atoms with van der Waals surface area (Å²) in [5.74, 6) is 0.165. The maximum atomic E-state index is 15.3. The second-order valence-corrected chi connectivity index (χ2v) is 15.0. The van der Waals surface area contributed by atoms with Gasteiger partial charge in [-0.15, -0.1) is 0 Å². The van der Waals surface area contributed by atoms with Gasteiger partial charge < -0.3 is 9.13 Å². The van der Waals surface area contributed by atoms with E-state index in [1.54, 1.807) is 0 Å². The quantitative estimate of drug-likeness (QED) is 0.244. The molecular formula is C33H30O2P2. The van der Waals surface area contributed by atoms with Gasteiger partial charge in [0.25, 0.3) is 0 Å². The van der Waals surface area contributed by atoms with Crippen LogP contribution in [-0.2, 0) is 9.13 Å². The molecular weight excluding hydrogens is 490 g/mol. The molecule has 37 heavy (non-hydrogen) atoms. The first kappa shape index (κ1) is 25.2. The van der Waals surface area contributed by atoms with Crippen molar-refractivity contribution in [3.05, 3.63) is 145 Å². The van der Waals surface area contributed by atoms with Crippen molar-refractivity contribution in [1.29, 1.82) is 0 Å². The van der Waals surface area contributed by atoms with Crippen LogP contribution in [0.5, 0.6) is 0 Å². The maximum absolute atomic E-state index is 15.3. The van der Waals surface area contributed by atoms with Crippen LogP contribution in [0.15, 0.2) is 140 Å². The molecule has 0 saturated heterocycles. The van der Waals surface area contributed by atoms with Crippen LogP contribution in [0.1, 0.15) is 25.3 Å². The monoisotopic (exact) mass is 520 g/mol. The van der Waals surface area contributed by atoms with Crippen LogP contribution in [0.3, 0.4) is 0 Å². The predicted octanol–water partition coefficient (Wildman–Crippen LogP) is 6.09. The summed E-state index contributed by atoms with van der Waals surface area (Å²) >= 11 is 0. The van der Waals surface area contributed by atoms with E-state index in [2.05, 4.69) is 26.0 Å². The molecule has 0 bridgehead atoms. The molecule has 0 aromatic heterocycles. The Labute approximate surface area is 219 Å². The molecule has 0 aliphatic carbocycles. The Hall–Kier alpha value is -3.44. The lowest BCUT2D eigenvalue weighted by Crippen LogP contribution is -2.31. The summed E-state index contributed by atoms with van der Waals surface area (Å²) in [5, 5.41) is 4.48. The molecule has 4 heteroatoms. The molecule has 0 saturated carbocycles. The van der Waals surface area contributed by atoms with Crippen molar-refractivity contribution in [2.45, 2.75) is 19.8 Å². The van der Waals surface area contributed by atoms with E-state index in [-0.39, 0.29) is 5.92 Å². The molecule has 0 aliphatic rings. The molecule has 0 aliphatic heterocycles. The minimum absolute atomic E-state index is 0.165. The van der Waals surface area contributed by atoms with E-state index < -0.39 is 14.3 Å². The summed E-state index contributed by atoms with van der Waals surface area (Å²) in [7, 11) is -6.49. The molecule has 0 atom stereocenters. The average Bonchev–Trinajstić information content (AvgIpc) is 2.98. The summed E-state index contributed by atoms with van der Waals surface area (Å²) in [6, 6.07) is 44.7. The Morgan fingerprint density at radius 2 is 0.676 bits per heavy atom. The molecule has 0 amide bonds. The van der Waals surface area contributed by atoms with Crippen molar-refractivity contribution in [2.75, 3.05) is 0 Å². The van der Waals surface area contributed by atoms with Crippen LogP contribution in [0.4, 0.5) is 0 Å². The Morgan fingerprint density at radius 1 is 0.405 bits per heavy atom. The summed E-state index contributed by atoms with van der Waals surface area (Å²) in [4.78, 5) is 0. The summed E-state index contributed by atoms with van der Waals surface area (Å²) in [5.41, 5.74) is 1.02. The lowest BCUT2D eigenvalue weighted by atomic mass is 10.0. The molecule has 0 spiro atoms. The van der Waals surface area contributed by atoms with Gasteiger partial charge in [0, 0.05) is 31.8 Å². The first-order valence-corrected chi connectivity index (χ1v) is 15.9. The van der Waals surface area contributed by atoms with Crippen LogP contribution < -0.4 is 31.8 Å². The standard InChI is InChI=1S/C33H30O2P2/c1-26(2)27-23-32(36(34,28-15-7-3-8-16-28)29-17-9-4-10-18-29)25-33(24-27)37(35,30-19-11-5-12-20-30)31-21-13-6-14-22-31/h3-26H,1-2H3. The molecule has 5 aromatic carbocycles. The number of rotatable bonds is 7. The van der Waals surface area contributed by atoms with Gasteiger partial charge in [0.2, 0.25) is 0 Å². The van der Waals surface area contributed by atoms with Crippen LogP contribution >= 0.6 is 14.3 Å². The number of hydrogen-bond donors (Lipinski definition) is 0. The first-order valence-electron chi connectivity index (χ1n) is 12.5. The van der Waals surface area contributed by atoms with Crippen LogP contribution in [-0.4, -0.2) is 0 Å². The Balaban J connectivity index is 1.85. The zero-order valence-electron chi connectivity index (χ0n) is 21.1. The highest BCUT2D eigenvalue weighted by Gasteiger charge is 2.35. The zero-order chi connectivity index (χ0) is 25.9. The van der Waals surface area contributed by atoms with Gasteiger partial charge in [-0.25, -0.2) is 0 Å². The zero-order valence-corrected chi connectivity index (χ0v) is 22.9. The third-order valence-electron chi connectivity index (χ3n) is 6.80. The van der Waals surface area contributed by atoms with Crippen molar-refractivity contribution >= 4 is 46.1 Å². The second-order valence-electron chi connectivity index (χ2n) is 9.50. The average molecular weight is 521 g/mol. The highest BCUT2D eigenvalue weighted by atomic mass is 31.2. The van der Waals surface area contributed by atoms with E-state index in [0.29, 0.717) is 10.6 Å². The Morgan fingerprint density at radius 3 is 0.919 bits per heavy atom. The topological polar surface area (TPSA) is 34.1 Å². The molecule has 5 rings (SSSR count). The third kappa shape index (κ3) is 4.69. The Bertz CT molecular complexity index is 1380. The molecule has 0 fully saturated rings. The van der Waals surface area contributed by atoms with E-state index in [1.807, 2.05) is 127 Å². The molecule has 184 valence electrons. The van der Waals surface area contributed by atoms with Crippen molar-refractivity contribution in [2.24, 2.45) is 0 Å². The van der Waals surface area contributed by atoms with Crippen LogP contribution in [0, 0.1) is 0 Å². The van der Waals surface area contributed by atoms with Gasteiger partial charge in [0.1, 0.15) is 0 Å². The lowest BCUT2D eigenvalue weighted by molar-refractivity contribution is 0.592. The molecule has 0 unspecified atom stereocenters. The fourth-order valence-electron chi connectivity index (χ4n) is 4.76. The fourth-order valence-corrected chi connectivity index (χ4v) is 10.3. The van der Waals surface area contributed by atoms with E-state index in [9.17, 15) is 0 Å². The second kappa shape index (κ2) is 10.5. The molecule has 0 radical (unpaired) electrons. The first-order chi connectivity index (χ1) is 17.9. The third-order valence-corrected chi connectivity index (χ3v) is 12.9. The predicted molar refractivity (Wildman–Crippen MR) is 159 cm³/mol. The number of hydrogen-bond acceptors (Lipinski definition) is 2. The Kier molecular flexibility index (Phi) is 7.16. The van der Waals surface area contributed by atoms with E-state index in [4.69, 9.17) is 0 Å². The van der Waals surface area contributed by atoms with Crippen molar-refractivity contribution < 1.29 is 9.13 Å². The van der Waals surface area contributed by atoms with Crippen molar-refractivity contribution in [1.82, 2.24) is 0 Å². The fraction of sp³-hybridized carbons (Fsp3) is 0.0909. The summed E-state index contributed by atoms with van der Waals surface area (Å²) in [6.45, 7) is 4.24. The van der Waals surface area contributed by atoms with Gasteiger partial charge in [0.05, 0.1) is 0 Å². The summed E-state index contributed by atoms with van der Waals surface area (Å²) in [6.07, 6.45) is 0. The highest BCUT2D eigenvalue weighted by molar-refractivity contribution is 7.86. The maximum Gasteiger partial charge on any atom is 0.171 e. The minimum atomic E-state index is -3.24. The normalized spacial score (nSPS) is 12.0. The van der Waals surface area contributed by atoms with E-state index in [1.165, 1.54) is 0 Å². The van der Waals surface area contributed by atoms with Crippen LogP contribution in [0.2, 0.25) is 0 Å². The highest BCUT2D eigenvalue weighted by Crippen LogP contribution is 2.46.